The maximum Gasteiger partial charge on any atom is 0.245 e. The fraction of sp³-hybridized carbons (Fsp3) is 0.677. The van der Waals surface area contributed by atoms with Crippen LogP contribution in [0.2, 0.25) is 5.02 Å². The lowest BCUT2D eigenvalue weighted by Crippen LogP contribution is -2.64. The van der Waals surface area contributed by atoms with Crippen LogP contribution < -0.4 is 10.6 Å². The van der Waals surface area contributed by atoms with Gasteiger partial charge in [0, 0.05) is 68.7 Å². The molecule has 3 aliphatic heterocycles. The van der Waals surface area contributed by atoms with Gasteiger partial charge in [-0.3, -0.25) is 14.5 Å². The first-order valence-corrected chi connectivity index (χ1v) is 15.1. The van der Waals surface area contributed by atoms with Gasteiger partial charge in [-0.1, -0.05) is 48.7 Å². The topological polar surface area (TPSA) is 67.9 Å². The van der Waals surface area contributed by atoms with Crippen molar-refractivity contribution < 1.29 is 9.59 Å². The molecule has 4 rings (SSSR count). The Morgan fingerprint density at radius 2 is 1.79 bits per heavy atom. The first kappa shape index (κ1) is 30.0. The fourth-order valence-corrected chi connectivity index (χ4v) is 6.99. The molecule has 7 nitrogen and oxygen atoms in total. The van der Waals surface area contributed by atoms with Gasteiger partial charge in [-0.15, -0.1) is 0 Å². The fourth-order valence-electron chi connectivity index (χ4n) is 6.86. The Balaban J connectivity index is 1.43. The van der Waals surface area contributed by atoms with Gasteiger partial charge in [0.1, 0.15) is 6.04 Å². The summed E-state index contributed by atoms with van der Waals surface area (Å²) in [6.45, 7) is 15.0. The Morgan fingerprint density at radius 1 is 1.10 bits per heavy atom. The molecule has 3 unspecified atom stereocenters. The number of piperidine rings is 1. The van der Waals surface area contributed by atoms with E-state index in [9.17, 15) is 9.59 Å². The Labute approximate surface area is 240 Å². The molecule has 0 bridgehead atoms. The average Bonchev–Trinajstić information content (AvgIpc) is 3.21. The predicted molar refractivity (Wildman–Crippen MR) is 159 cm³/mol. The SMILES string of the molecule is CC1=C(C)C(CC(=O)NC(Cc2ccc(Cl)cc2)C(=O)N2CCN(C3(CC(C)C)CCCN(C)C3)CC2)NC1. The lowest BCUT2D eigenvalue weighted by Gasteiger charge is -2.52. The van der Waals surface area contributed by atoms with Gasteiger partial charge in [-0.05, 0) is 70.3 Å². The molecule has 0 saturated carbocycles. The van der Waals surface area contributed by atoms with Crippen molar-refractivity contribution in [3.8, 4) is 0 Å². The van der Waals surface area contributed by atoms with Crippen LogP contribution >= 0.6 is 11.6 Å². The van der Waals surface area contributed by atoms with E-state index in [1.807, 2.05) is 29.2 Å². The molecule has 0 aromatic heterocycles. The molecule has 2 saturated heterocycles. The van der Waals surface area contributed by atoms with Crippen LogP contribution in [0.25, 0.3) is 0 Å². The molecule has 3 atom stereocenters. The predicted octanol–water partition coefficient (Wildman–Crippen LogP) is 3.72. The highest BCUT2D eigenvalue weighted by atomic mass is 35.5. The lowest BCUT2D eigenvalue weighted by molar-refractivity contribution is -0.139. The summed E-state index contributed by atoms with van der Waals surface area (Å²) in [5.41, 5.74) is 3.69. The highest BCUT2D eigenvalue weighted by molar-refractivity contribution is 6.30. The molecule has 0 aliphatic carbocycles. The monoisotopic (exact) mass is 557 g/mol. The summed E-state index contributed by atoms with van der Waals surface area (Å²) in [4.78, 5) is 34.1. The summed E-state index contributed by atoms with van der Waals surface area (Å²) in [6.07, 6.45) is 4.43. The minimum Gasteiger partial charge on any atom is -0.344 e. The third-order valence-corrected chi connectivity index (χ3v) is 9.23. The second-order valence-electron chi connectivity index (χ2n) is 12.5. The van der Waals surface area contributed by atoms with Gasteiger partial charge < -0.3 is 20.4 Å². The van der Waals surface area contributed by atoms with E-state index in [2.05, 4.69) is 55.2 Å². The molecule has 2 amide bonds. The number of hydrogen-bond acceptors (Lipinski definition) is 5. The lowest BCUT2D eigenvalue weighted by atomic mass is 9.80. The second-order valence-corrected chi connectivity index (χ2v) is 13.0. The number of halogens is 1. The third kappa shape index (κ3) is 7.63. The van der Waals surface area contributed by atoms with Gasteiger partial charge in [0.15, 0.2) is 0 Å². The average molecular weight is 558 g/mol. The first-order chi connectivity index (χ1) is 18.6. The van der Waals surface area contributed by atoms with Crippen LogP contribution in [0.1, 0.15) is 58.9 Å². The summed E-state index contributed by atoms with van der Waals surface area (Å²) in [5, 5.41) is 7.18. The van der Waals surface area contributed by atoms with Crippen LogP contribution in [0, 0.1) is 5.92 Å². The number of piperazine rings is 1. The van der Waals surface area contributed by atoms with Crippen molar-refractivity contribution in [2.75, 3.05) is 52.9 Å². The largest absolute Gasteiger partial charge is 0.344 e. The smallest absolute Gasteiger partial charge is 0.245 e. The zero-order chi connectivity index (χ0) is 28.2. The van der Waals surface area contributed by atoms with Gasteiger partial charge in [-0.25, -0.2) is 0 Å². The van der Waals surface area contributed by atoms with Gasteiger partial charge in [0.05, 0.1) is 0 Å². The normalized spacial score (nSPS) is 25.8. The van der Waals surface area contributed by atoms with Gasteiger partial charge in [0.25, 0.3) is 0 Å². The summed E-state index contributed by atoms with van der Waals surface area (Å²) in [6, 6.07) is 7.00. The molecule has 8 heteroatoms. The zero-order valence-corrected chi connectivity index (χ0v) is 25.3. The number of nitrogens with zero attached hydrogens (tertiary/aromatic N) is 3. The highest BCUT2D eigenvalue weighted by Gasteiger charge is 2.42. The van der Waals surface area contributed by atoms with E-state index in [1.54, 1.807) is 0 Å². The van der Waals surface area contributed by atoms with Crippen molar-refractivity contribution >= 4 is 23.4 Å². The molecule has 216 valence electrons. The van der Waals surface area contributed by atoms with Crippen LogP contribution in [-0.2, 0) is 16.0 Å². The Bertz CT molecular complexity index is 1030. The zero-order valence-electron chi connectivity index (χ0n) is 24.6. The molecule has 0 radical (unpaired) electrons. The second kappa shape index (κ2) is 13.2. The van der Waals surface area contributed by atoms with Gasteiger partial charge in [-0.2, -0.15) is 0 Å². The van der Waals surface area contributed by atoms with Crippen LogP contribution in [0.4, 0.5) is 0 Å². The van der Waals surface area contributed by atoms with Crippen LogP contribution in [-0.4, -0.2) is 97.0 Å². The van der Waals surface area contributed by atoms with Crippen molar-refractivity contribution in [3.63, 3.8) is 0 Å². The number of benzene rings is 1. The quantitative estimate of drug-likeness (QED) is 0.453. The molecule has 0 spiro atoms. The van der Waals surface area contributed by atoms with E-state index in [0.717, 1.165) is 38.3 Å². The Kier molecular flexibility index (Phi) is 10.1. The number of amides is 2. The van der Waals surface area contributed by atoms with Crippen LogP contribution in [0.3, 0.4) is 0 Å². The van der Waals surface area contributed by atoms with Gasteiger partial charge >= 0.3 is 0 Å². The number of likely N-dealkylation sites (tertiary alicyclic amines) is 1. The van der Waals surface area contributed by atoms with Crippen molar-refractivity contribution in [3.05, 3.63) is 46.0 Å². The van der Waals surface area contributed by atoms with Crippen molar-refractivity contribution in [1.29, 1.82) is 0 Å². The van der Waals surface area contributed by atoms with Crippen molar-refractivity contribution in [1.82, 2.24) is 25.3 Å². The standard InChI is InChI=1S/C31H48ClN5O2/c1-22(2)19-31(11-6-12-35(5)21-31)37-15-13-36(14-16-37)30(39)28(17-25-7-9-26(32)10-8-25)34-29(38)18-27-24(4)23(3)20-33-27/h7-10,22,27-28,33H,6,11-21H2,1-5H3,(H,34,38). The van der Waals surface area contributed by atoms with E-state index in [0.29, 0.717) is 36.9 Å². The summed E-state index contributed by atoms with van der Waals surface area (Å²) in [5.74, 6) is 0.555. The molecule has 2 fully saturated rings. The van der Waals surface area contributed by atoms with E-state index in [1.165, 1.54) is 30.4 Å². The summed E-state index contributed by atoms with van der Waals surface area (Å²) in [7, 11) is 2.23. The van der Waals surface area contributed by atoms with E-state index in [4.69, 9.17) is 11.6 Å². The van der Waals surface area contributed by atoms with Crippen molar-refractivity contribution in [2.24, 2.45) is 5.92 Å². The number of carbonyl (C=O) groups excluding carboxylic acids is 2. The molecule has 39 heavy (non-hydrogen) atoms. The molecular weight excluding hydrogens is 510 g/mol. The molecule has 1 aromatic rings. The maximum atomic E-state index is 13.9. The molecule has 2 N–H and O–H groups in total. The summed E-state index contributed by atoms with van der Waals surface area (Å²) >= 11 is 6.10. The number of nitrogens with one attached hydrogen (secondary N) is 2. The molecule has 1 aromatic carbocycles. The minimum absolute atomic E-state index is 0.0134. The number of rotatable bonds is 9. The third-order valence-electron chi connectivity index (χ3n) is 8.98. The number of carbonyl (C=O) groups is 2. The Morgan fingerprint density at radius 3 is 2.38 bits per heavy atom. The van der Waals surface area contributed by atoms with E-state index < -0.39 is 6.04 Å². The highest BCUT2D eigenvalue weighted by Crippen LogP contribution is 2.34. The van der Waals surface area contributed by atoms with Crippen LogP contribution in [0.5, 0.6) is 0 Å². The van der Waals surface area contributed by atoms with E-state index >= 15 is 0 Å². The summed E-state index contributed by atoms with van der Waals surface area (Å²) < 4.78 is 0. The first-order valence-electron chi connectivity index (χ1n) is 14.7. The minimum atomic E-state index is -0.595. The maximum absolute atomic E-state index is 13.9. The number of hydrogen-bond donors (Lipinski definition) is 2. The van der Waals surface area contributed by atoms with Crippen molar-refractivity contribution in [2.45, 2.75) is 77.4 Å². The van der Waals surface area contributed by atoms with Gasteiger partial charge in [0.2, 0.25) is 11.8 Å². The Hall–Kier alpha value is -1.93. The van der Waals surface area contributed by atoms with Crippen LogP contribution in [0.15, 0.2) is 35.4 Å². The van der Waals surface area contributed by atoms with E-state index in [-0.39, 0.29) is 23.4 Å². The molecular formula is C31H48ClN5O2. The number of likely N-dealkylation sites (N-methyl/N-ethyl adjacent to an activating group) is 1. The molecule has 3 heterocycles. The molecule has 3 aliphatic rings.